The van der Waals surface area contributed by atoms with E-state index in [-0.39, 0.29) is 6.61 Å². The zero-order chi connectivity index (χ0) is 16.4. The summed E-state index contributed by atoms with van der Waals surface area (Å²) in [5.74, 6) is 0.791. The smallest absolute Gasteiger partial charge is 0.341 e. The highest BCUT2D eigenvalue weighted by Gasteiger charge is 2.37. The first-order chi connectivity index (χ1) is 11.1. The van der Waals surface area contributed by atoms with Gasteiger partial charge >= 0.3 is 5.97 Å². The molecule has 1 aromatic heterocycles. The predicted octanol–water partition coefficient (Wildman–Crippen LogP) is 2.30. The molecule has 2 N–H and O–H groups in total. The Kier molecular flexibility index (Phi) is 4.24. The van der Waals surface area contributed by atoms with E-state index in [9.17, 15) is 9.90 Å². The Morgan fingerprint density at radius 1 is 1.43 bits per heavy atom. The summed E-state index contributed by atoms with van der Waals surface area (Å²) in [4.78, 5) is 11.6. The average molecular weight is 315 g/mol. The molecule has 0 saturated heterocycles. The monoisotopic (exact) mass is 315 g/mol. The van der Waals surface area contributed by atoms with Crippen molar-refractivity contribution in [1.29, 1.82) is 0 Å². The number of fused-ring (bicyclic) bond motifs is 1. The molecule has 1 aromatic carbocycles. The lowest BCUT2D eigenvalue weighted by atomic mass is 9.92. The molecule has 1 heterocycles. The van der Waals surface area contributed by atoms with Crippen molar-refractivity contribution in [3.05, 3.63) is 58.5 Å². The van der Waals surface area contributed by atoms with Crippen LogP contribution >= 0.6 is 0 Å². The van der Waals surface area contributed by atoms with Crippen LogP contribution in [0, 0.1) is 6.92 Å². The first kappa shape index (κ1) is 15.8. The van der Waals surface area contributed by atoms with E-state index < -0.39 is 11.5 Å². The number of furan rings is 1. The number of ether oxygens (including phenoxy) is 1. The molecule has 1 unspecified atom stereocenters. The van der Waals surface area contributed by atoms with Crippen LogP contribution in [0.3, 0.4) is 0 Å². The van der Waals surface area contributed by atoms with Crippen LogP contribution in [0.1, 0.15) is 39.4 Å². The highest BCUT2D eigenvalue weighted by molar-refractivity contribution is 5.90. The molecule has 0 amide bonds. The van der Waals surface area contributed by atoms with Gasteiger partial charge in [0.05, 0.1) is 25.8 Å². The second-order valence-corrected chi connectivity index (χ2v) is 5.93. The third kappa shape index (κ3) is 2.78. The Morgan fingerprint density at radius 3 is 2.96 bits per heavy atom. The number of aliphatic hydroxyl groups excluding tert-OH is 1. The van der Waals surface area contributed by atoms with Crippen LogP contribution in [0.5, 0.6) is 0 Å². The lowest BCUT2D eigenvalue weighted by molar-refractivity contribution is 0.0599. The zero-order valence-corrected chi connectivity index (χ0v) is 13.4. The van der Waals surface area contributed by atoms with E-state index in [2.05, 4.69) is 17.4 Å². The maximum atomic E-state index is 11.6. The van der Waals surface area contributed by atoms with Gasteiger partial charge in [0.1, 0.15) is 17.1 Å². The van der Waals surface area contributed by atoms with Crippen LogP contribution in [0.15, 0.2) is 34.7 Å². The molecule has 23 heavy (non-hydrogen) atoms. The molecule has 3 rings (SSSR count). The van der Waals surface area contributed by atoms with Crippen LogP contribution in [0.4, 0.5) is 0 Å². The number of nitrogens with one attached hydrogen (secondary N) is 1. The second kappa shape index (κ2) is 6.18. The second-order valence-electron chi connectivity index (χ2n) is 5.93. The number of aliphatic hydroxyl groups is 1. The number of aryl methyl sites for hydroxylation is 2. The van der Waals surface area contributed by atoms with E-state index in [4.69, 9.17) is 9.15 Å². The molecule has 122 valence electrons. The maximum Gasteiger partial charge on any atom is 0.341 e. The maximum absolute atomic E-state index is 11.6. The standard InChI is InChI=1S/C18H21NO4/c1-12-15(17(21)22-2)9-14(23-12)10-19-18(11-20)8-7-13-5-3-4-6-16(13)18/h3-6,9,19-20H,7-8,10-11H2,1-2H3. The molecular weight excluding hydrogens is 294 g/mol. The Bertz CT molecular complexity index is 722. The Morgan fingerprint density at radius 2 is 2.22 bits per heavy atom. The Labute approximate surface area is 135 Å². The number of carbonyl (C=O) groups excluding carboxylic acids is 1. The van der Waals surface area contributed by atoms with Crippen molar-refractivity contribution in [2.45, 2.75) is 31.8 Å². The lowest BCUT2D eigenvalue weighted by Gasteiger charge is -2.29. The van der Waals surface area contributed by atoms with Crippen LogP contribution in [-0.4, -0.2) is 24.8 Å². The van der Waals surface area contributed by atoms with Crippen LogP contribution < -0.4 is 5.32 Å². The van der Waals surface area contributed by atoms with Crippen LogP contribution in [0.2, 0.25) is 0 Å². The van der Waals surface area contributed by atoms with Crippen molar-refractivity contribution in [2.24, 2.45) is 0 Å². The molecular formula is C18H21NO4. The molecule has 1 atom stereocenters. The van der Waals surface area contributed by atoms with Gasteiger partial charge in [-0.1, -0.05) is 24.3 Å². The highest BCUT2D eigenvalue weighted by atomic mass is 16.5. The van der Waals surface area contributed by atoms with Gasteiger partial charge in [0.2, 0.25) is 0 Å². The molecule has 5 nitrogen and oxygen atoms in total. The van der Waals surface area contributed by atoms with Crippen molar-refractivity contribution in [3.8, 4) is 0 Å². The number of carbonyl (C=O) groups is 1. The van der Waals surface area contributed by atoms with Gasteiger partial charge < -0.3 is 14.3 Å². The number of rotatable bonds is 5. The van der Waals surface area contributed by atoms with Gasteiger partial charge in [-0.05, 0) is 37.0 Å². The lowest BCUT2D eigenvalue weighted by Crippen LogP contribution is -2.43. The van der Waals surface area contributed by atoms with Gasteiger partial charge in [0.25, 0.3) is 0 Å². The molecule has 2 aromatic rings. The molecule has 0 bridgehead atoms. The van der Waals surface area contributed by atoms with Gasteiger partial charge in [-0.25, -0.2) is 4.79 Å². The van der Waals surface area contributed by atoms with Crippen molar-refractivity contribution in [3.63, 3.8) is 0 Å². The Balaban J connectivity index is 1.79. The quantitative estimate of drug-likeness (QED) is 0.828. The first-order valence-corrected chi connectivity index (χ1v) is 7.71. The van der Waals surface area contributed by atoms with Crippen LogP contribution in [-0.2, 0) is 23.2 Å². The summed E-state index contributed by atoms with van der Waals surface area (Å²) in [6, 6.07) is 9.85. The molecule has 1 aliphatic carbocycles. The topological polar surface area (TPSA) is 71.7 Å². The molecule has 0 radical (unpaired) electrons. The summed E-state index contributed by atoms with van der Waals surface area (Å²) in [7, 11) is 1.35. The summed E-state index contributed by atoms with van der Waals surface area (Å²) in [6.07, 6.45) is 1.78. The largest absolute Gasteiger partial charge is 0.465 e. The van der Waals surface area contributed by atoms with Crippen molar-refractivity contribution in [1.82, 2.24) is 5.32 Å². The summed E-state index contributed by atoms with van der Waals surface area (Å²) in [5, 5.41) is 13.4. The predicted molar refractivity (Wildman–Crippen MR) is 85.2 cm³/mol. The number of hydrogen-bond acceptors (Lipinski definition) is 5. The minimum atomic E-state index is -0.456. The summed E-state index contributed by atoms with van der Waals surface area (Å²) in [5.41, 5.74) is 2.39. The van der Waals surface area contributed by atoms with Gasteiger partial charge in [0.15, 0.2) is 0 Å². The van der Waals surface area contributed by atoms with E-state index >= 15 is 0 Å². The van der Waals surface area contributed by atoms with Crippen molar-refractivity contribution >= 4 is 5.97 Å². The third-order valence-electron chi connectivity index (χ3n) is 4.60. The van der Waals surface area contributed by atoms with Gasteiger partial charge in [-0.2, -0.15) is 0 Å². The number of hydrogen-bond donors (Lipinski definition) is 2. The fraction of sp³-hybridized carbons (Fsp3) is 0.389. The SMILES string of the molecule is COC(=O)c1cc(CNC2(CO)CCc3ccccc32)oc1C. The van der Waals surface area contributed by atoms with Gasteiger partial charge in [-0.15, -0.1) is 0 Å². The fourth-order valence-electron chi connectivity index (χ4n) is 3.29. The molecule has 0 fully saturated rings. The van der Waals surface area contributed by atoms with Crippen LogP contribution in [0.25, 0.3) is 0 Å². The van der Waals surface area contributed by atoms with Gasteiger partial charge in [-0.3, -0.25) is 5.32 Å². The highest BCUT2D eigenvalue weighted by Crippen LogP contribution is 2.36. The summed E-state index contributed by atoms with van der Waals surface area (Å²) >= 11 is 0. The minimum Gasteiger partial charge on any atom is -0.465 e. The number of methoxy groups -OCH3 is 1. The number of benzene rings is 1. The van der Waals surface area contributed by atoms with E-state index in [1.54, 1.807) is 13.0 Å². The van der Waals surface area contributed by atoms with Gasteiger partial charge in [0, 0.05) is 0 Å². The fourth-order valence-corrected chi connectivity index (χ4v) is 3.29. The molecule has 5 heteroatoms. The summed E-state index contributed by atoms with van der Waals surface area (Å²) < 4.78 is 10.4. The van der Waals surface area contributed by atoms with E-state index in [0.29, 0.717) is 23.6 Å². The van der Waals surface area contributed by atoms with E-state index in [1.807, 2.05) is 12.1 Å². The van der Waals surface area contributed by atoms with Crippen molar-refractivity contribution < 1.29 is 19.1 Å². The first-order valence-electron chi connectivity index (χ1n) is 7.71. The third-order valence-corrected chi connectivity index (χ3v) is 4.60. The molecule has 0 aliphatic heterocycles. The molecule has 0 spiro atoms. The minimum absolute atomic E-state index is 0.0214. The molecule has 0 saturated carbocycles. The average Bonchev–Trinajstić information content (AvgIpc) is 3.14. The number of esters is 1. The summed E-state index contributed by atoms with van der Waals surface area (Å²) in [6.45, 7) is 2.20. The van der Waals surface area contributed by atoms with Crippen molar-refractivity contribution in [2.75, 3.05) is 13.7 Å². The Hall–Kier alpha value is -2.11. The zero-order valence-electron chi connectivity index (χ0n) is 13.4. The molecule has 1 aliphatic rings. The van der Waals surface area contributed by atoms with E-state index in [0.717, 1.165) is 18.4 Å². The normalized spacial score (nSPS) is 19.6. The van der Waals surface area contributed by atoms with E-state index in [1.165, 1.54) is 12.7 Å².